The molecule has 0 unspecified atom stereocenters. The standard InChI is InChI=1S/C21H15ClF3N5O2.H2/c1-30-18-5-3-12(32-13-6-7-27-17(10-13)19(26)31)9-16(18)29-20(30)28-15-8-11(21(23,24)25)2-4-14(15)22;/h2-10H,1H3,(H2,26,31)(H,28,29);1H. The molecule has 1 amide bonds. The molecule has 2 aromatic carbocycles. The van der Waals surface area contributed by atoms with E-state index in [2.05, 4.69) is 15.3 Å². The van der Waals surface area contributed by atoms with Gasteiger partial charge in [0.05, 0.1) is 27.3 Å². The molecule has 0 radical (unpaired) electrons. The van der Waals surface area contributed by atoms with Crippen molar-refractivity contribution in [2.75, 3.05) is 5.32 Å². The molecule has 4 aromatic rings. The van der Waals surface area contributed by atoms with E-state index in [1.54, 1.807) is 35.9 Å². The number of primary amides is 1. The molecule has 0 spiro atoms. The molecular formula is C21H17ClF3N5O2. The van der Waals surface area contributed by atoms with Crippen LogP contribution in [0.15, 0.2) is 54.7 Å². The summed E-state index contributed by atoms with van der Waals surface area (Å²) >= 11 is 6.07. The first-order valence-electron chi connectivity index (χ1n) is 9.16. The van der Waals surface area contributed by atoms with E-state index in [0.717, 1.165) is 12.1 Å². The second-order valence-electron chi connectivity index (χ2n) is 6.81. The number of nitrogens with zero attached hydrogens (tertiary/aromatic N) is 3. The largest absolute Gasteiger partial charge is 0.457 e. The third-order valence-corrected chi connectivity index (χ3v) is 4.94. The first-order chi connectivity index (χ1) is 15.1. The molecule has 0 saturated carbocycles. The lowest BCUT2D eigenvalue weighted by Gasteiger charge is -2.12. The number of fused-ring (bicyclic) bond motifs is 1. The molecule has 0 atom stereocenters. The normalized spacial score (nSPS) is 11.5. The van der Waals surface area contributed by atoms with Gasteiger partial charge in [0.1, 0.15) is 17.2 Å². The van der Waals surface area contributed by atoms with E-state index in [1.807, 2.05) is 0 Å². The molecule has 0 bridgehead atoms. The number of rotatable bonds is 5. The van der Waals surface area contributed by atoms with Gasteiger partial charge in [0.15, 0.2) is 0 Å². The molecule has 32 heavy (non-hydrogen) atoms. The van der Waals surface area contributed by atoms with Gasteiger partial charge in [0.2, 0.25) is 5.95 Å². The Balaban J connectivity index is 0.00000306. The van der Waals surface area contributed by atoms with Crippen molar-refractivity contribution in [2.24, 2.45) is 12.8 Å². The number of halogens is 4. The summed E-state index contributed by atoms with van der Waals surface area (Å²) in [5, 5.41) is 2.97. The van der Waals surface area contributed by atoms with Crippen molar-refractivity contribution < 1.29 is 24.1 Å². The van der Waals surface area contributed by atoms with Gasteiger partial charge < -0.3 is 20.4 Å². The van der Waals surface area contributed by atoms with Gasteiger partial charge in [-0.25, -0.2) is 4.98 Å². The molecule has 0 aliphatic rings. The minimum Gasteiger partial charge on any atom is -0.457 e. The molecule has 0 aliphatic heterocycles. The van der Waals surface area contributed by atoms with Crippen molar-refractivity contribution in [2.45, 2.75) is 6.18 Å². The maximum absolute atomic E-state index is 13.0. The molecule has 0 saturated heterocycles. The van der Waals surface area contributed by atoms with E-state index in [-0.39, 0.29) is 17.8 Å². The van der Waals surface area contributed by atoms with Crippen LogP contribution < -0.4 is 15.8 Å². The number of carbonyl (C=O) groups is 1. The number of alkyl halides is 3. The zero-order chi connectivity index (χ0) is 23.0. The van der Waals surface area contributed by atoms with E-state index >= 15 is 0 Å². The highest BCUT2D eigenvalue weighted by atomic mass is 35.5. The quantitative estimate of drug-likeness (QED) is 0.406. The van der Waals surface area contributed by atoms with Crippen molar-refractivity contribution in [1.29, 1.82) is 0 Å². The lowest BCUT2D eigenvalue weighted by atomic mass is 10.2. The molecule has 2 aromatic heterocycles. The molecule has 11 heteroatoms. The summed E-state index contributed by atoms with van der Waals surface area (Å²) in [6, 6.07) is 11.1. The van der Waals surface area contributed by atoms with Crippen LogP contribution in [0.25, 0.3) is 11.0 Å². The number of aromatic nitrogens is 3. The third-order valence-electron chi connectivity index (χ3n) is 4.61. The van der Waals surface area contributed by atoms with Crippen LogP contribution in [0.4, 0.5) is 24.8 Å². The van der Waals surface area contributed by atoms with Crippen molar-refractivity contribution in [3.8, 4) is 11.5 Å². The fraction of sp³-hybridized carbons (Fsp3) is 0.0952. The smallest absolute Gasteiger partial charge is 0.416 e. The zero-order valence-corrected chi connectivity index (χ0v) is 17.2. The second-order valence-corrected chi connectivity index (χ2v) is 7.21. The Hall–Kier alpha value is -3.79. The van der Waals surface area contributed by atoms with Gasteiger partial charge in [0.25, 0.3) is 5.91 Å². The van der Waals surface area contributed by atoms with Gasteiger partial charge in [-0.3, -0.25) is 9.78 Å². The summed E-state index contributed by atoms with van der Waals surface area (Å²) in [5.74, 6) is 0.400. The highest BCUT2D eigenvalue weighted by Crippen LogP contribution is 2.35. The zero-order valence-electron chi connectivity index (χ0n) is 16.4. The number of carbonyl (C=O) groups excluding carboxylic acids is 1. The van der Waals surface area contributed by atoms with Gasteiger partial charge in [-0.1, -0.05) is 11.6 Å². The Labute approximate surface area is 186 Å². The minimum absolute atomic E-state index is 0. The lowest BCUT2D eigenvalue weighted by molar-refractivity contribution is -0.137. The fourth-order valence-electron chi connectivity index (χ4n) is 3.02. The van der Waals surface area contributed by atoms with Crippen LogP contribution in [0.2, 0.25) is 5.02 Å². The summed E-state index contributed by atoms with van der Waals surface area (Å²) in [7, 11) is 1.71. The second kappa shape index (κ2) is 8.04. The number of benzene rings is 2. The molecule has 166 valence electrons. The SMILES string of the molecule is Cn1c(Nc2cc(C(F)(F)F)ccc2Cl)nc2cc(Oc3ccnc(C(N)=O)c3)ccc21.[HH]. The Bertz CT molecular complexity index is 1340. The number of aryl methyl sites for hydroxylation is 1. The summed E-state index contributed by atoms with van der Waals surface area (Å²) < 4.78 is 46.6. The number of pyridine rings is 1. The Morgan fingerprint density at radius 2 is 1.91 bits per heavy atom. The molecule has 3 N–H and O–H groups in total. The van der Waals surface area contributed by atoms with Gasteiger partial charge in [0, 0.05) is 26.8 Å². The molecule has 2 heterocycles. The van der Waals surface area contributed by atoms with Crippen molar-refractivity contribution in [3.63, 3.8) is 0 Å². The number of amides is 1. The van der Waals surface area contributed by atoms with Crippen molar-refractivity contribution in [1.82, 2.24) is 14.5 Å². The number of nitrogens with two attached hydrogens (primary N) is 1. The van der Waals surface area contributed by atoms with E-state index in [1.165, 1.54) is 18.3 Å². The minimum atomic E-state index is -4.50. The summed E-state index contributed by atoms with van der Waals surface area (Å²) in [4.78, 5) is 19.6. The first kappa shape index (κ1) is 21.4. The van der Waals surface area contributed by atoms with Crippen molar-refractivity contribution in [3.05, 3.63) is 71.0 Å². The molecule has 0 aliphatic carbocycles. The summed E-state index contributed by atoms with van der Waals surface area (Å²) in [6.07, 6.45) is -3.10. The van der Waals surface area contributed by atoms with E-state index in [0.29, 0.717) is 28.5 Å². The van der Waals surface area contributed by atoms with Crippen LogP contribution in [0.1, 0.15) is 17.5 Å². The maximum atomic E-state index is 13.0. The number of nitrogens with one attached hydrogen (secondary N) is 1. The predicted octanol–water partition coefficient (Wildman–Crippen LogP) is 5.52. The Morgan fingerprint density at radius 1 is 1.16 bits per heavy atom. The van der Waals surface area contributed by atoms with Gasteiger partial charge in [-0.05, 0) is 36.4 Å². The van der Waals surface area contributed by atoms with Gasteiger partial charge >= 0.3 is 6.18 Å². The Morgan fingerprint density at radius 3 is 2.62 bits per heavy atom. The van der Waals surface area contributed by atoms with Crippen LogP contribution in [0.5, 0.6) is 11.5 Å². The fourth-order valence-corrected chi connectivity index (χ4v) is 3.18. The van der Waals surface area contributed by atoms with Crippen LogP contribution in [-0.4, -0.2) is 20.4 Å². The van der Waals surface area contributed by atoms with Gasteiger partial charge in [-0.15, -0.1) is 0 Å². The molecular weight excluding hydrogens is 447 g/mol. The first-order valence-corrected chi connectivity index (χ1v) is 9.53. The number of hydrogen-bond acceptors (Lipinski definition) is 5. The average Bonchev–Trinajstić information content (AvgIpc) is 3.03. The van der Waals surface area contributed by atoms with Crippen LogP contribution in [-0.2, 0) is 13.2 Å². The summed E-state index contributed by atoms with van der Waals surface area (Å²) in [5.41, 5.74) is 5.77. The van der Waals surface area contributed by atoms with E-state index in [4.69, 9.17) is 22.1 Å². The highest BCUT2D eigenvalue weighted by Gasteiger charge is 2.31. The number of imidazole rings is 1. The van der Waals surface area contributed by atoms with Crippen LogP contribution in [0, 0.1) is 0 Å². The van der Waals surface area contributed by atoms with E-state index < -0.39 is 17.6 Å². The number of anilines is 2. The van der Waals surface area contributed by atoms with Crippen LogP contribution in [0.3, 0.4) is 0 Å². The lowest BCUT2D eigenvalue weighted by Crippen LogP contribution is -2.12. The third kappa shape index (κ3) is 4.30. The monoisotopic (exact) mass is 463 g/mol. The average molecular weight is 464 g/mol. The molecule has 0 fully saturated rings. The summed E-state index contributed by atoms with van der Waals surface area (Å²) in [6.45, 7) is 0. The van der Waals surface area contributed by atoms with Crippen molar-refractivity contribution >= 4 is 40.2 Å². The highest BCUT2D eigenvalue weighted by molar-refractivity contribution is 6.33. The molecule has 4 rings (SSSR count). The van der Waals surface area contributed by atoms with Gasteiger partial charge in [-0.2, -0.15) is 13.2 Å². The number of hydrogen-bond donors (Lipinski definition) is 2. The maximum Gasteiger partial charge on any atom is 0.416 e. The predicted molar refractivity (Wildman–Crippen MR) is 115 cm³/mol. The topological polar surface area (TPSA) is 95.1 Å². The Kier molecular flexibility index (Phi) is 5.39. The number of ether oxygens (including phenoxy) is 1. The van der Waals surface area contributed by atoms with E-state index in [9.17, 15) is 18.0 Å². The van der Waals surface area contributed by atoms with Crippen LogP contribution >= 0.6 is 11.6 Å². The molecule has 7 nitrogen and oxygen atoms in total.